The van der Waals surface area contributed by atoms with Gasteiger partial charge in [-0.05, 0) is 87.5 Å². The lowest BCUT2D eigenvalue weighted by Gasteiger charge is -2.59. The highest BCUT2D eigenvalue weighted by molar-refractivity contribution is 6.01. The minimum Gasteiger partial charge on any atom is -0.383 e. The van der Waals surface area contributed by atoms with Gasteiger partial charge in [-0.25, -0.2) is 4.79 Å². The number of rotatable bonds is 5. The molecule has 5 aliphatic rings. The van der Waals surface area contributed by atoms with Gasteiger partial charge in [0, 0.05) is 18.3 Å². The maximum absolute atomic E-state index is 12.4. The molecule has 3 saturated carbocycles. The highest BCUT2D eigenvalue weighted by Gasteiger charge is 2.65. The van der Waals surface area contributed by atoms with E-state index in [1.54, 1.807) is 0 Å². The van der Waals surface area contributed by atoms with E-state index < -0.39 is 30.0 Å². The van der Waals surface area contributed by atoms with Crippen molar-refractivity contribution in [2.45, 2.75) is 90.6 Å². The van der Waals surface area contributed by atoms with Crippen LogP contribution in [0.3, 0.4) is 0 Å². The third-order valence-corrected chi connectivity index (χ3v) is 10.3. The van der Waals surface area contributed by atoms with Crippen LogP contribution in [0.1, 0.15) is 85.0 Å². The van der Waals surface area contributed by atoms with Crippen molar-refractivity contribution in [2.24, 2.45) is 33.7 Å². The molecule has 2 amide bonds. The van der Waals surface area contributed by atoms with Crippen molar-refractivity contribution in [2.75, 3.05) is 6.61 Å². The zero-order chi connectivity index (χ0) is 25.9. The molecule has 0 aromatic carbocycles. The van der Waals surface area contributed by atoms with Crippen LogP contribution in [0, 0.1) is 28.6 Å². The molecule has 1 saturated heterocycles. The lowest BCUT2D eigenvalue weighted by Crippen LogP contribution is -2.57. The van der Waals surface area contributed by atoms with E-state index in [0.717, 1.165) is 50.7 Å². The highest BCUT2D eigenvalue weighted by atomic mass is 16.7. The van der Waals surface area contributed by atoms with Crippen molar-refractivity contribution in [3.05, 3.63) is 11.6 Å². The number of carbonyl (C=O) groups is 4. The maximum atomic E-state index is 12.4. The second kappa shape index (κ2) is 8.78. The van der Waals surface area contributed by atoms with Crippen molar-refractivity contribution in [3.63, 3.8) is 0 Å². The van der Waals surface area contributed by atoms with Gasteiger partial charge in [0.15, 0.2) is 5.78 Å². The summed E-state index contributed by atoms with van der Waals surface area (Å²) < 4.78 is 0. The summed E-state index contributed by atoms with van der Waals surface area (Å²) in [7, 11) is 0. The molecule has 0 radical (unpaired) electrons. The van der Waals surface area contributed by atoms with Crippen LogP contribution >= 0.6 is 0 Å². The smallest absolute Gasteiger partial charge is 0.373 e. The van der Waals surface area contributed by atoms with E-state index >= 15 is 0 Å². The largest absolute Gasteiger partial charge is 0.383 e. The van der Waals surface area contributed by atoms with E-state index in [1.165, 1.54) is 12.5 Å². The lowest BCUT2D eigenvalue weighted by molar-refractivity contribution is -0.200. The number of fused-ring (bicyclic) bond motifs is 5. The van der Waals surface area contributed by atoms with E-state index in [1.807, 2.05) is 0 Å². The first-order valence-corrected chi connectivity index (χ1v) is 13.2. The second-order valence-electron chi connectivity index (χ2n) is 11.8. The number of allylic oxidation sites excluding steroid dienone is 2. The summed E-state index contributed by atoms with van der Waals surface area (Å²) in [5.74, 6) is -0.616. The summed E-state index contributed by atoms with van der Waals surface area (Å²) in [5.41, 5.74) is 0.646. The number of imide groups is 1. The number of ketones is 1. The first-order chi connectivity index (χ1) is 17.0. The minimum atomic E-state index is -1.19. The third-order valence-electron chi connectivity index (χ3n) is 10.3. The molecule has 1 N–H and O–H groups in total. The molecular weight excluding hydrogens is 464 g/mol. The number of aliphatic hydroxyl groups is 1. The van der Waals surface area contributed by atoms with E-state index in [2.05, 4.69) is 25.1 Å². The normalized spacial score (nSPS) is 40.9. The summed E-state index contributed by atoms with van der Waals surface area (Å²) in [6.45, 7) is 5.55. The van der Waals surface area contributed by atoms with Crippen molar-refractivity contribution >= 4 is 29.3 Å². The number of Topliss-reactive ketones (excluding diaryl/α,β-unsaturated/α-hetero) is 1. The number of nitrogens with zero attached hydrogens (tertiary/aromatic N) is 2. The van der Waals surface area contributed by atoms with Gasteiger partial charge < -0.3 is 14.8 Å². The molecule has 196 valence electrons. The molecule has 3 unspecified atom stereocenters. The summed E-state index contributed by atoms with van der Waals surface area (Å²) in [5, 5.41) is 16.0. The van der Waals surface area contributed by atoms with Gasteiger partial charge in [0.1, 0.15) is 5.60 Å². The molecule has 0 spiro atoms. The van der Waals surface area contributed by atoms with Crippen LogP contribution in [0.25, 0.3) is 0 Å². The molecule has 5 rings (SSSR count). The SMILES string of the molecule is CC(=O)[C@@]1(O)CCC2C3CCC4=CC(=NOCC(=O)ON5C(=O)CCC5=O)CC[C@]4(C)C3CC[C@@]21C. The molecule has 1 aliphatic heterocycles. The molecule has 0 aromatic heterocycles. The zero-order valence-electron chi connectivity index (χ0n) is 21.4. The van der Waals surface area contributed by atoms with Gasteiger partial charge in [-0.1, -0.05) is 24.6 Å². The fourth-order valence-electron chi connectivity index (χ4n) is 8.19. The predicted molar refractivity (Wildman–Crippen MR) is 128 cm³/mol. The number of hydrogen-bond acceptors (Lipinski definition) is 8. The average Bonchev–Trinajstić information content (AvgIpc) is 3.30. The molecule has 0 bridgehead atoms. The number of hydroxylamine groups is 2. The molecule has 9 heteroatoms. The van der Waals surface area contributed by atoms with E-state index in [0.29, 0.717) is 29.2 Å². The fourth-order valence-corrected chi connectivity index (χ4v) is 8.19. The maximum Gasteiger partial charge on any atom is 0.373 e. The topological polar surface area (TPSA) is 123 Å². The van der Waals surface area contributed by atoms with Crippen LogP contribution in [0.4, 0.5) is 0 Å². The number of hydrogen-bond donors (Lipinski definition) is 1. The van der Waals surface area contributed by atoms with E-state index in [9.17, 15) is 24.3 Å². The Morgan fingerprint density at radius 1 is 1.03 bits per heavy atom. The lowest BCUT2D eigenvalue weighted by atomic mass is 9.46. The standard InChI is InChI=1S/C27H36N2O7/c1-16(30)27(34)13-10-21-19-5-4-17-14-18(8-11-25(17,2)20(19)9-12-26(21,27)3)28-35-15-24(33)36-29-22(31)6-7-23(29)32/h14,19-21,34H,4-13,15H2,1-3H3/t19?,20?,21?,25-,26-,27-/m0/s1. The summed E-state index contributed by atoms with van der Waals surface area (Å²) in [4.78, 5) is 57.5. The summed E-state index contributed by atoms with van der Waals surface area (Å²) in [6.07, 6.45) is 9.19. The number of amides is 2. The van der Waals surface area contributed by atoms with Gasteiger partial charge in [-0.2, -0.15) is 0 Å². The van der Waals surface area contributed by atoms with Crippen LogP contribution in [-0.2, 0) is 28.9 Å². The van der Waals surface area contributed by atoms with Crippen LogP contribution in [-0.4, -0.2) is 51.7 Å². The molecule has 4 fully saturated rings. The van der Waals surface area contributed by atoms with Gasteiger partial charge in [0.2, 0.25) is 6.61 Å². The van der Waals surface area contributed by atoms with Crippen LogP contribution in [0.5, 0.6) is 0 Å². The van der Waals surface area contributed by atoms with Gasteiger partial charge >= 0.3 is 5.97 Å². The van der Waals surface area contributed by atoms with Gasteiger partial charge in [-0.3, -0.25) is 14.4 Å². The van der Waals surface area contributed by atoms with Crippen molar-refractivity contribution < 1.29 is 34.0 Å². The van der Waals surface area contributed by atoms with Crippen LogP contribution in [0.2, 0.25) is 0 Å². The Balaban J connectivity index is 1.24. The Morgan fingerprint density at radius 2 is 1.72 bits per heavy atom. The molecule has 1 heterocycles. The summed E-state index contributed by atoms with van der Waals surface area (Å²) in [6, 6.07) is 0. The Kier molecular flexibility index (Phi) is 6.13. The van der Waals surface area contributed by atoms with Crippen LogP contribution in [0.15, 0.2) is 16.8 Å². The Bertz CT molecular complexity index is 1050. The van der Waals surface area contributed by atoms with Gasteiger partial charge in [-0.15, -0.1) is 5.06 Å². The first kappa shape index (κ1) is 25.1. The molecular formula is C27H36N2O7. The number of carbonyl (C=O) groups excluding carboxylic acids is 4. The average molecular weight is 501 g/mol. The quantitative estimate of drug-likeness (QED) is 0.454. The van der Waals surface area contributed by atoms with Gasteiger partial charge in [0.25, 0.3) is 11.8 Å². The number of oxime groups is 1. The van der Waals surface area contributed by atoms with Crippen LogP contribution < -0.4 is 0 Å². The Morgan fingerprint density at radius 3 is 2.42 bits per heavy atom. The Labute approximate surface area is 211 Å². The molecule has 36 heavy (non-hydrogen) atoms. The van der Waals surface area contributed by atoms with E-state index in [4.69, 9.17) is 9.68 Å². The van der Waals surface area contributed by atoms with E-state index in [-0.39, 0.29) is 29.5 Å². The third kappa shape index (κ3) is 3.73. The van der Waals surface area contributed by atoms with Gasteiger partial charge in [0.05, 0.1) is 5.71 Å². The van der Waals surface area contributed by atoms with Crippen molar-refractivity contribution in [3.8, 4) is 0 Å². The molecule has 0 aromatic rings. The van der Waals surface area contributed by atoms with Crippen molar-refractivity contribution in [1.82, 2.24) is 5.06 Å². The fraction of sp³-hybridized carbons (Fsp3) is 0.741. The first-order valence-electron chi connectivity index (χ1n) is 13.2. The molecule has 6 atom stereocenters. The molecule has 4 aliphatic carbocycles. The Hall–Kier alpha value is -2.55. The van der Waals surface area contributed by atoms with Crippen molar-refractivity contribution in [1.29, 1.82) is 0 Å². The second-order valence-corrected chi connectivity index (χ2v) is 11.8. The summed E-state index contributed by atoms with van der Waals surface area (Å²) >= 11 is 0. The highest BCUT2D eigenvalue weighted by Crippen LogP contribution is 2.67. The monoisotopic (exact) mass is 500 g/mol. The molecule has 9 nitrogen and oxygen atoms in total. The zero-order valence-corrected chi connectivity index (χ0v) is 21.4. The minimum absolute atomic E-state index is 0.0427. The predicted octanol–water partition coefficient (Wildman–Crippen LogP) is 3.25.